The van der Waals surface area contributed by atoms with Crippen molar-refractivity contribution in [2.75, 3.05) is 33.9 Å². The third kappa shape index (κ3) is 19.0. The molecule has 4 atom stereocenters. The normalized spacial score (nSPS) is 19.4. The monoisotopic (exact) mass is 972 g/mol. The first-order valence-electron chi connectivity index (χ1n) is 24.1. The van der Waals surface area contributed by atoms with Crippen LogP contribution in [0.4, 0.5) is 0 Å². The van der Waals surface area contributed by atoms with Gasteiger partial charge in [0.25, 0.3) is 0 Å². The van der Waals surface area contributed by atoms with Crippen molar-refractivity contribution >= 4 is 26.8 Å². The van der Waals surface area contributed by atoms with E-state index in [1.807, 2.05) is 30.3 Å². The second kappa shape index (κ2) is 27.3. The molecule has 0 saturated heterocycles. The van der Waals surface area contributed by atoms with Crippen LogP contribution in [0.2, 0.25) is 0 Å². The van der Waals surface area contributed by atoms with Crippen LogP contribution in [-0.4, -0.2) is 59.8 Å². The summed E-state index contributed by atoms with van der Waals surface area (Å²) in [4.78, 5) is 21.1. The predicted octanol–water partition coefficient (Wildman–Crippen LogP) is 15.2. The highest BCUT2D eigenvalue weighted by molar-refractivity contribution is 7.61. The van der Waals surface area contributed by atoms with E-state index in [1.54, 1.807) is 12.1 Å². The van der Waals surface area contributed by atoms with Crippen molar-refractivity contribution in [3.63, 3.8) is 0 Å². The van der Waals surface area contributed by atoms with E-state index in [-0.39, 0.29) is 11.7 Å². The molecule has 372 valence electrons. The van der Waals surface area contributed by atoms with Crippen LogP contribution in [-0.2, 0) is 22.5 Å². The van der Waals surface area contributed by atoms with E-state index in [9.17, 15) is 24.0 Å². The highest BCUT2D eigenvalue weighted by Gasteiger charge is 2.63. The van der Waals surface area contributed by atoms with E-state index in [2.05, 4.69) is 138 Å². The Balaban J connectivity index is 1.25. The summed E-state index contributed by atoms with van der Waals surface area (Å²) in [7, 11) is -6.43. The topological polar surface area (TPSA) is 135 Å². The number of allylic oxidation sites excluding steroid dienone is 9. The zero-order valence-corrected chi connectivity index (χ0v) is 44.2. The summed E-state index contributed by atoms with van der Waals surface area (Å²) in [6.45, 7) is 19.4. The molecule has 0 amide bonds. The summed E-state index contributed by atoms with van der Waals surface area (Å²) in [5.74, 6) is 0.963. The Morgan fingerprint density at radius 3 is 1.81 bits per heavy atom. The second-order valence-electron chi connectivity index (χ2n) is 18.9. The maximum Gasteiger partial charge on any atom is 0.483 e. The van der Waals surface area contributed by atoms with Crippen LogP contribution in [0.1, 0.15) is 136 Å². The molecular weight excluding hydrogens is 893 g/mol. The predicted molar refractivity (Wildman–Crippen MR) is 280 cm³/mol. The van der Waals surface area contributed by atoms with Gasteiger partial charge in [-0.1, -0.05) is 127 Å². The van der Waals surface area contributed by atoms with E-state index in [4.69, 9.17) is 13.8 Å². The number of phosphoric acid groups is 2. The molecular formula is C56H79NO9P2. The summed E-state index contributed by atoms with van der Waals surface area (Å²) in [5.41, 5.74) is 11.8. The standard InChI is InChI=1S/C56H79NO9P2/c1-11-52(47-26-13-12-14-27-47)54(48-28-32-50(58)33-29-48)49-30-34-51(35-31-49)64-40-39-57(9)38-36-45(6)23-16-21-44(5)25-18-37-56(8)53(55(56)65-68(62,63-10)66-67(59,60)61)41-46(7)24-17-22-43(4)20-15-19-42(2)3/h12-14,19,22-23,25-35,41,53,55,58H,11,15-18,20-21,24,36-40H2,1-10H3,(H2,59,60,61). The molecule has 3 N–H and O–H groups in total. The van der Waals surface area contributed by atoms with Crippen molar-refractivity contribution < 1.29 is 42.1 Å². The SMILES string of the molecule is CCC(=C(c1ccc(O)cc1)c1ccc(OCCN(C)CCC(C)=CCCC(C)=CCCC2(C)C(C=C(C)CCC=C(C)CCC=C(C)C)C2OP(=O)(OC)OP(=O)(O)O)cc1)c1ccccc1. The number of hydrogen-bond donors (Lipinski definition) is 3. The first kappa shape index (κ1) is 56.5. The summed E-state index contributed by atoms with van der Waals surface area (Å²) in [6.07, 6.45) is 19.8. The molecule has 1 aliphatic carbocycles. The lowest BCUT2D eigenvalue weighted by Gasteiger charge is -2.18. The van der Waals surface area contributed by atoms with Gasteiger partial charge < -0.3 is 24.5 Å². The fourth-order valence-electron chi connectivity index (χ4n) is 8.53. The maximum atomic E-state index is 13.2. The highest BCUT2D eigenvalue weighted by atomic mass is 31.3. The number of nitrogens with zero attached hydrogens (tertiary/aromatic N) is 1. The molecule has 0 radical (unpaired) electrons. The van der Waals surface area contributed by atoms with Gasteiger partial charge in [-0.3, -0.25) is 9.05 Å². The molecule has 0 aliphatic heterocycles. The van der Waals surface area contributed by atoms with E-state index in [0.29, 0.717) is 6.61 Å². The van der Waals surface area contributed by atoms with E-state index in [1.165, 1.54) is 39.0 Å². The van der Waals surface area contributed by atoms with Crippen molar-refractivity contribution in [3.05, 3.63) is 154 Å². The number of aromatic hydroxyl groups is 1. The van der Waals surface area contributed by atoms with E-state index < -0.39 is 27.2 Å². The van der Waals surface area contributed by atoms with Crippen LogP contribution in [0.5, 0.6) is 11.5 Å². The highest BCUT2D eigenvalue weighted by Crippen LogP contribution is 2.69. The smallest absolute Gasteiger partial charge is 0.483 e. The number of hydrogen-bond acceptors (Lipinski definition) is 8. The first-order chi connectivity index (χ1) is 32.3. The minimum atomic E-state index is -5.12. The molecule has 1 aliphatic rings. The zero-order valence-electron chi connectivity index (χ0n) is 42.4. The maximum absolute atomic E-state index is 13.2. The van der Waals surface area contributed by atoms with Crippen LogP contribution in [0, 0.1) is 11.3 Å². The van der Waals surface area contributed by atoms with Crippen molar-refractivity contribution in [2.45, 2.75) is 126 Å². The number of rotatable bonds is 29. The lowest BCUT2D eigenvalue weighted by Crippen LogP contribution is -2.25. The number of phenolic OH excluding ortho intramolecular Hbond substituents is 1. The Hall–Kier alpha value is -4.08. The van der Waals surface area contributed by atoms with Gasteiger partial charge in [-0.2, -0.15) is 4.31 Å². The third-order valence-corrected chi connectivity index (χ3v) is 15.4. The third-order valence-electron chi connectivity index (χ3n) is 12.8. The molecule has 0 bridgehead atoms. The van der Waals surface area contributed by atoms with E-state index >= 15 is 0 Å². The van der Waals surface area contributed by atoms with Gasteiger partial charge in [0.1, 0.15) is 18.1 Å². The van der Waals surface area contributed by atoms with Crippen molar-refractivity contribution in [1.29, 1.82) is 0 Å². The molecule has 1 fully saturated rings. The molecule has 3 aromatic carbocycles. The molecule has 68 heavy (non-hydrogen) atoms. The summed E-state index contributed by atoms with van der Waals surface area (Å²) >= 11 is 0. The first-order valence-corrected chi connectivity index (χ1v) is 27.1. The van der Waals surface area contributed by atoms with E-state index in [0.717, 1.165) is 107 Å². The fraction of sp³-hybridized carbons (Fsp3) is 0.464. The van der Waals surface area contributed by atoms with Crippen LogP contribution in [0.15, 0.2) is 137 Å². The lowest BCUT2D eigenvalue weighted by atomic mass is 9.88. The molecule has 3 aromatic rings. The summed E-state index contributed by atoms with van der Waals surface area (Å²) in [5, 5.41) is 9.98. The van der Waals surface area contributed by atoms with Gasteiger partial charge >= 0.3 is 15.6 Å². The van der Waals surface area contributed by atoms with Gasteiger partial charge in [0.15, 0.2) is 0 Å². The van der Waals surface area contributed by atoms with Gasteiger partial charge in [0.2, 0.25) is 0 Å². The van der Waals surface area contributed by atoms with Gasteiger partial charge in [-0.15, -0.1) is 0 Å². The van der Waals surface area contributed by atoms with Gasteiger partial charge in [-0.05, 0) is 165 Å². The molecule has 0 spiro atoms. The minimum absolute atomic E-state index is 0.112. The number of phosphoric ester groups is 1. The quantitative estimate of drug-likeness (QED) is 0.0351. The average molecular weight is 972 g/mol. The average Bonchev–Trinajstić information content (AvgIpc) is 3.82. The number of benzene rings is 3. The Kier molecular flexibility index (Phi) is 22.7. The second-order valence-corrected chi connectivity index (χ2v) is 22.0. The molecule has 4 rings (SSSR count). The molecule has 12 heteroatoms. The Morgan fingerprint density at radius 1 is 0.706 bits per heavy atom. The van der Waals surface area contributed by atoms with Gasteiger partial charge in [-0.25, -0.2) is 9.13 Å². The molecule has 10 nitrogen and oxygen atoms in total. The van der Waals surface area contributed by atoms with Crippen LogP contribution >= 0.6 is 15.6 Å². The molecule has 0 aromatic heterocycles. The lowest BCUT2D eigenvalue weighted by molar-refractivity contribution is 0.135. The largest absolute Gasteiger partial charge is 0.508 e. The number of ether oxygens (including phenoxy) is 1. The zero-order chi connectivity index (χ0) is 49.9. The Morgan fingerprint density at radius 2 is 1.25 bits per heavy atom. The Bertz CT molecular complexity index is 2340. The molecule has 4 unspecified atom stereocenters. The molecule has 0 heterocycles. The number of phenols is 1. The van der Waals surface area contributed by atoms with Crippen molar-refractivity contribution in [1.82, 2.24) is 4.90 Å². The Labute approximate surface area is 408 Å². The van der Waals surface area contributed by atoms with Crippen LogP contribution in [0.3, 0.4) is 0 Å². The summed E-state index contributed by atoms with van der Waals surface area (Å²) < 4.78 is 46.3. The molecule has 1 saturated carbocycles. The minimum Gasteiger partial charge on any atom is -0.508 e. The van der Waals surface area contributed by atoms with Gasteiger partial charge in [0, 0.05) is 31.5 Å². The van der Waals surface area contributed by atoms with Crippen molar-refractivity contribution in [3.8, 4) is 11.5 Å². The van der Waals surface area contributed by atoms with Gasteiger partial charge in [0.05, 0.1) is 6.10 Å². The summed E-state index contributed by atoms with van der Waals surface area (Å²) in [6, 6.07) is 26.2. The fourth-order valence-corrected chi connectivity index (χ4v) is 10.7. The van der Waals surface area contributed by atoms with Crippen LogP contribution in [0.25, 0.3) is 11.1 Å². The van der Waals surface area contributed by atoms with Crippen molar-refractivity contribution in [2.24, 2.45) is 11.3 Å². The van der Waals surface area contributed by atoms with Crippen LogP contribution < -0.4 is 4.74 Å². The number of likely N-dealkylation sites (N-methyl/N-ethyl adjacent to an activating group) is 1.